The first-order valence-electron chi connectivity index (χ1n) is 6.68. The number of furan rings is 1. The lowest BCUT2D eigenvalue weighted by molar-refractivity contribution is 0.0666. The van der Waals surface area contributed by atoms with Crippen molar-refractivity contribution in [3.63, 3.8) is 0 Å². The standard InChI is InChI=1S/C16H18FNO3/c1-12-5-6-13(10-15(12)17)16(19)18(7-9-20-2)11-14-4-3-8-21-14/h3-6,8,10H,7,9,11H2,1-2H3. The maximum atomic E-state index is 13.6. The van der Waals surface area contributed by atoms with Gasteiger partial charge in [0.25, 0.3) is 5.91 Å². The van der Waals surface area contributed by atoms with E-state index in [9.17, 15) is 9.18 Å². The van der Waals surface area contributed by atoms with Crippen molar-refractivity contribution >= 4 is 5.91 Å². The van der Waals surface area contributed by atoms with Gasteiger partial charge in [-0.1, -0.05) is 6.07 Å². The zero-order chi connectivity index (χ0) is 15.2. The van der Waals surface area contributed by atoms with Crippen molar-refractivity contribution in [1.82, 2.24) is 4.90 Å². The van der Waals surface area contributed by atoms with Crippen LogP contribution in [0.1, 0.15) is 21.7 Å². The molecule has 0 atom stereocenters. The number of carbonyl (C=O) groups is 1. The van der Waals surface area contributed by atoms with Gasteiger partial charge in [-0.05, 0) is 36.8 Å². The average Bonchev–Trinajstić information content (AvgIpc) is 2.98. The Balaban J connectivity index is 2.18. The zero-order valence-electron chi connectivity index (χ0n) is 12.1. The topological polar surface area (TPSA) is 42.7 Å². The minimum absolute atomic E-state index is 0.248. The lowest BCUT2D eigenvalue weighted by Crippen LogP contribution is -2.33. The fourth-order valence-corrected chi connectivity index (χ4v) is 1.95. The van der Waals surface area contributed by atoms with E-state index in [2.05, 4.69) is 0 Å². The maximum Gasteiger partial charge on any atom is 0.254 e. The number of methoxy groups -OCH3 is 1. The number of hydrogen-bond acceptors (Lipinski definition) is 3. The van der Waals surface area contributed by atoms with Gasteiger partial charge in [0.05, 0.1) is 19.4 Å². The second-order valence-corrected chi connectivity index (χ2v) is 4.76. The summed E-state index contributed by atoms with van der Waals surface area (Å²) in [5.74, 6) is 0.0416. The van der Waals surface area contributed by atoms with E-state index in [1.165, 1.54) is 6.07 Å². The van der Waals surface area contributed by atoms with E-state index in [4.69, 9.17) is 9.15 Å². The number of rotatable bonds is 6. The highest BCUT2D eigenvalue weighted by atomic mass is 19.1. The Morgan fingerprint density at radius 3 is 2.81 bits per heavy atom. The molecule has 0 aliphatic rings. The van der Waals surface area contributed by atoms with Gasteiger partial charge in [-0.2, -0.15) is 0 Å². The predicted molar refractivity (Wildman–Crippen MR) is 76.5 cm³/mol. The smallest absolute Gasteiger partial charge is 0.254 e. The summed E-state index contributed by atoms with van der Waals surface area (Å²) in [7, 11) is 1.57. The molecule has 0 aliphatic carbocycles. The van der Waals surface area contributed by atoms with Gasteiger partial charge in [0.1, 0.15) is 11.6 Å². The Hall–Kier alpha value is -2.14. The molecular weight excluding hydrogens is 273 g/mol. The molecule has 2 aromatic rings. The second kappa shape index (κ2) is 7.04. The van der Waals surface area contributed by atoms with Gasteiger partial charge in [0.2, 0.25) is 0 Å². The van der Waals surface area contributed by atoms with E-state index in [0.717, 1.165) is 0 Å². The first-order valence-corrected chi connectivity index (χ1v) is 6.68. The summed E-state index contributed by atoms with van der Waals surface area (Å²) >= 11 is 0. The van der Waals surface area contributed by atoms with Crippen LogP contribution in [0, 0.1) is 12.7 Å². The van der Waals surface area contributed by atoms with Crippen molar-refractivity contribution in [2.75, 3.05) is 20.3 Å². The Kier molecular flexibility index (Phi) is 5.11. The van der Waals surface area contributed by atoms with E-state index in [1.807, 2.05) is 0 Å². The summed E-state index contributed by atoms with van der Waals surface area (Å²) < 4.78 is 23.9. The third-order valence-electron chi connectivity index (χ3n) is 3.20. The lowest BCUT2D eigenvalue weighted by atomic mass is 10.1. The average molecular weight is 291 g/mol. The van der Waals surface area contributed by atoms with Crippen molar-refractivity contribution in [3.8, 4) is 0 Å². The zero-order valence-corrected chi connectivity index (χ0v) is 12.1. The van der Waals surface area contributed by atoms with Crippen molar-refractivity contribution < 1.29 is 18.3 Å². The van der Waals surface area contributed by atoms with E-state index < -0.39 is 0 Å². The molecule has 21 heavy (non-hydrogen) atoms. The molecule has 0 saturated carbocycles. The molecule has 1 heterocycles. The summed E-state index contributed by atoms with van der Waals surface area (Å²) in [6, 6.07) is 8.05. The van der Waals surface area contributed by atoms with Gasteiger partial charge >= 0.3 is 0 Å². The molecule has 1 aromatic carbocycles. The first kappa shape index (κ1) is 15.3. The van der Waals surface area contributed by atoms with Crippen molar-refractivity contribution in [2.24, 2.45) is 0 Å². The number of hydrogen-bond donors (Lipinski definition) is 0. The minimum atomic E-state index is -0.384. The summed E-state index contributed by atoms with van der Waals surface area (Å²) in [6.07, 6.45) is 1.56. The Morgan fingerprint density at radius 2 is 2.19 bits per heavy atom. The molecule has 4 nitrogen and oxygen atoms in total. The third kappa shape index (κ3) is 3.92. The van der Waals surface area contributed by atoms with Gasteiger partial charge in [0.15, 0.2) is 0 Å². The van der Waals surface area contributed by atoms with Crippen LogP contribution in [-0.2, 0) is 11.3 Å². The van der Waals surface area contributed by atoms with E-state index in [1.54, 1.807) is 49.5 Å². The monoisotopic (exact) mass is 291 g/mol. The molecule has 0 aliphatic heterocycles. The molecule has 0 spiro atoms. The third-order valence-corrected chi connectivity index (χ3v) is 3.20. The fraction of sp³-hybridized carbons (Fsp3) is 0.312. The SMILES string of the molecule is COCCN(Cc1ccco1)C(=O)c1ccc(C)c(F)c1. The Morgan fingerprint density at radius 1 is 1.38 bits per heavy atom. The van der Waals surface area contributed by atoms with Crippen LogP contribution in [0.4, 0.5) is 4.39 Å². The molecule has 0 radical (unpaired) electrons. The maximum absolute atomic E-state index is 13.6. The molecule has 1 amide bonds. The highest BCUT2D eigenvalue weighted by Gasteiger charge is 2.18. The van der Waals surface area contributed by atoms with Gasteiger partial charge in [-0.25, -0.2) is 4.39 Å². The van der Waals surface area contributed by atoms with Gasteiger partial charge < -0.3 is 14.1 Å². The van der Waals surface area contributed by atoms with Crippen molar-refractivity contribution in [3.05, 3.63) is 59.3 Å². The number of amides is 1. The molecule has 0 bridgehead atoms. The van der Waals surface area contributed by atoms with Crippen LogP contribution in [0.25, 0.3) is 0 Å². The Labute approximate surface area is 123 Å². The van der Waals surface area contributed by atoms with Crippen molar-refractivity contribution in [2.45, 2.75) is 13.5 Å². The number of aryl methyl sites for hydroxylation is 1. The molecule has 1 aromatic heterocycles. The largest absolute Gasteiger partial charge is 0.467 e. The van der Waals surface area contributed by atoms with E-state index >= 15 is 0 Å². The Bertz CT molecular complexity index is 596. The molecule has 0 fully saturated rings. The van der Waals surface area contributed by atoms with Crippen molar-refractivity contribution in [1.29, 1.82) is 0 Å². The molecule has 0 saturated heterocycles. The van der Waals surface area contributed by atoms with Crippen LogP contribution >= 0.6 is 0 Å². The summed E-state index contributed by atoms with van der Waals surface area (Å²) in [4.78, 5) is 14.1. The molecule has 5 heteroatoms. The highest BCUT2D eigenvalue weighted by molar-refractivity contribution is 5.94. The molecule has 112 valence electrons. The highest BCUT2D eigenvalue weighted by Crippen LogP contribution is 2.14. The normalized spacial score (nSPS) is 10.6. The minimum Gasteiger partial charge on any atom is -0.467 e. The number of ether oxygens (including phenoxy) is 1. The number of nitrogens with zero attached hydrogens (tertiary/aromatic N) is 1. The second-order valence-electron chi connectivity index (χ2n) is 4.76. The molecule has 2 rings (SSSR count). The lowest BCUT2D eigenvalue weighted by Gasteiger charge is -2.21. The fourth-order valence-electron chi connectivity index (χ4n) is 1.95. The van der Waals surface area contributed by atoms with E-state index in [-0.39, 0.29) is 11.7 Å². The molecular formula is C16H18FNO3. The van der Waals surface area contributed by atoms with Crippen LogP contribution in [0.3, 0.4) is 0 Å². The van der Waals surface area contributed by atoms with Crippen LogP contribution in [0.15, 0.2) is 41.0 Å². The van der Waals surface area contributed by atoms with Crippen LogP contribution in [0.2, 0.25) is 0 Å². The first-order chi connectivity index (χ1) is 10.1. The summed E-state index contributed by atoms with van der Waals surface area (Å²) in [5.41, 5.74) is 0.835. The molecule has 0 N–H and O–H groups in total. The van der Waals surface area contributed by atoms with Crippen LogP contribution < -0.4 is 0 Å². The molecule has 0 unspecified atom stereocenters. The van der Waals surface area contributed by atoms with Gasteiger partial charge in [-0.15, -0.1) is 0 Å². The number of halogens is 1. The van der Waals surface area contributed by atoms with Gasteiger partial charge in [0, 0.05) is 19.2 Å². The van der Waals surface area contributed by atoms with Crippen LogP contribution in [0.5, 0.6) is 0 Å². The summed E-state index contributed by atoms with van der Waals surface area (Å²) in [5, 5.41) is 0. The number of benzene rings is 1. The number of carbonyl (C=O) groups excluding carboxylic acids is 1. The van der Waals surface area contributed by atoms with E-state index in [0.29, 0.717) is 36.6 Å². The van der Waals surface area contributed by atoms with Gasteiger partial charge in [-0.3, -0.25) is 4.79 Å². The summed E-state index contributed by atoms with van der Waals surface area (Å²) in [6.45, 7) is 2.80. The predicted octanol–water partition coefficient (Wildman–Crippen LogP) is 3.02. The van der Waals surface area contributed by atoms with Crippen LogP contribution in [-0.4, -0.2) is 31.1 Å². The quantitative estimate of drug-likeness (QED) is 0.821.